The maximum atomic E-state index is 11.6. The fourth-order valence-electron chi connectivity index (χ4n) is 1.40. The number of ether oxygens (including phenoxy) is 2. The van der Waals surface area contributed by atoms with E-state index in [2.05, 4.69) is 10.3 Å². The molecule has 112 valence electrons. The number of nitrogens with one attached hydrogen (secondary N) is 1. The number of carbonyl (C=O) groups is 1. The molecule has 1 heterocycles. The van der Waals surface area contributed by atoms with Crippen molar-refractivity contribution in [3.05, 3.63) is 30.5 Å². The van der Waals surface area contributed by atoms with Gasteiger partial charge in [-0.3, -0.25) is 0 Å². The van der Waals surface area contributed by atoms with E-state index in [1.165, 1.54) is 6.20 Å². The van der Waals surface area contributed by atoms with Crippen molar-refractivity contribution in [2.24, 2.45) is 0 Å². The quantitative estimate of drug-likeness (QED) is 0.849. The van der Waals surface area contributed by atoms with Crippen LogP contribution in [-0.4, -0.2) is 16.6 Å². The van der Waals surface area contributed by atoms with Gasteiger partial charge in [0.05, 0.1) is 6.20 Å². The zero-order valence-electron chi connectivity index (χ0n) is 12.0. The monoisotopic (exact) mass is 307 g/mol. The van der Waals surface area contributed by atoms with E-state index >= 15 is 0 Å². The van der Waals surface area contributed by atoms with Crippen molar-refractivity contribution in [2.45, 2.75) is 26.3 Å². The third kappa shape index (κ3) is 4.96. The molecule has 0 saturated carbocycles. The molecule has 0 unspecified atom stereocenters. The molecule has 3 N–H and O–H groups in total. The first kappa shape index (κ1) is 15.1. The summed E-state index contributed by atoms with van der Waals surface area (Å²) in [5.74, 6) is 0.638. The predicted octanol–water partition coefficient (Wildman–Crippen LogP) is 3.40. The van der Waals surface area contributed by atoms with E-state index in [4.69, 9.17) is 15.2 Å². The van der Waals surface area contributed by atoms with Gasteiger partial charge in [0.25, 0.3) is 5.19 Å². The van der Waals surface area contributed by atoms with Crippen molar-refractivity contribution < 1.29 is 14.3 Å². The Morgan fingerprint density at radius 1 is 1.29 bits per heavy atom. The van der Waals surface area contributed by atoms with Crippen LogP contribution in [0.25, 0.3) is 0 Å². The molecule has 1 aromatic carbocycles. The standard InChI is InChI=1S/C14H17N3O3S/c1-14(2,3)17-12(18)20-13-16-8-11(21-13)19-10-6-4-9(15)5-7-10/h4-8H,15H2,1-3H3,(H,17,18). The molecule has 0 spiro atoms. The lowest BCUT2D eigenvalue weighted by Crippen LogP contribution is -2.42. The first-order valence-electron chi connectivity index (χ1n) is 6.31. The van der Waals surface area contributed by atoms with Gasteiger partial charge in [-0.15, -0.1) is 0 Å². The number of nitrogens with two attached hydrogens (primary N) is 1. The van der Waals surface area contributed by atoms with Crippen LogP contribution in [0.3, 0.4) is 0 Å². The summed E-state index contributed by atoms with van der Waals surface area (Å²) in [4.78, 5) is 15.6. The van der Waals surface area contributed by atoms with E-state index in [0.717, 1.165) is 11.3 Å². The fourth-order valence-corrected chi connectivity index (χ4v) is 2.04. The SMILES string of the molecule is CC(C)(C)NC(=O)Oc1ncc(Oc2ccc(N)cc2)s1. The second kappa shape index (κ2) is 6.01. The highest BCUT2D eigenvalue weighted by Crippen LogP contribution is 2.31. The molecule has 21 heavy (non-hydrogen) atoms. The van der Waals surface area contributed by atoms with Gasteiger partial charge in [0, 0.05) is 11.2 Å². The second-order valence-corrected chi connectivity index (χ2v) is 6.34. The van der Waals surface area contributed by atoms with Crippen molar-refractivity contribution in [3.63, 3.8) is 0 Å². The molecule has 0 fully saturated rings. The summed E-state index contributed by atoms with van der Waals surface area (Å²) >= 11 is 1.14. The Morgan fingerprint density at radius 2 is 1.95 bits per heavy atom. The van der Waals surface area contributed by atoms with Crippen molar-refractivity contribution in [1.82, 2.24) is 10.3 Å². The summed E-state index contributed by atoms with van der Waals surface area (Å²) in [6.07, 6.45) is 0.955. The van der Waals surface area contributed by atoms with Crippen LogP contribution >= 0.6 is 11.3 Å². The molecule has 0 atom stereocenters. The summed E-state index contributed by atoms with van der Waals surface area (Å²) in [5.41, 5.74) is 5.90. The highest BCUT2D eigenvalue weighted by Gasteiger charge is 2.17. The van der Waals surface area contributed by atoms with E-state index < -0.39 is 6.09 Å². The number of amides is 1. The largest absolute Gasteiger partial charge is 0.445 e. The number of aromatic nitrogens is 1. The average Bonchev–Trinajstić information content (AvgIpc) is 2.77. The van der Waals surface area contributed by atoms with Gasteiger partial charge in [-0.05, 0) is 56.4 Å². The number of nitrogens with zero attached hydrogens (tertiary/aromatic N) is 1. The summed E-state index contributed by atoms with van der Waals surface area (Å²) in [6.45, 7) is 5.60. The maximum Gasteiger partial charge on any atom is 0.414 e. The topological polar surface area (TPSA) is 86.5 Å². The molecule has 1 amide bonds. The molecule has 0 radical (unpaired) electrons. The molecule has 2 rings (SSSR count). The van der Waals surface area contributed by atoms with Crippen LogP contribution in [0.1, 0.15) is 20.8 Å². The Hall–Kier alpha value is -2.28. The van der Waals surface area contributed by atoms with Gasteiger partial charge < -0.3 is 20.5 Å². The van der Waals surface area contributed by atoms with E-state index in [9.17, 15) is 4.79 Å². The number of hydrogen-bond donors (Lipinski definition) is 2. The molecule has 0 aliphatic heterocycles. The minimum Gasteiger partial charge on any atom is -0.445 e. The van der Waals surface area contributed by atoms with Crippen LogP contribution in [0.2, 0.25) is 0 Å². The number of anilines is 1. The van der Waals surface area contributed by atoms with Crippen LogP contribution in [0.4, 0.5) is 10.5 Å². The minimum absolute atomic E-state index is 0.224. The van der Waals surface area contributed by atoms with Crippen molar-refractivity contribution in [3.8, 4) is 16.0 Å². The second-order valence-electron chi connectivity index (χ2n) is 5.38. The zero-order valence-corrected chi connectivity index (χ0v) is 12.9. The number of nitrogen functional groups attached to an aromatic ring is 1. The lowest BCUT2D eigenvalue weighted by molar-refractivity contribution is 0.190. The third-order valence-electron chi connectivity index (χ3n) is 2.22. The average molecular weight is 307 g/mol. The Balaban J connectivity index is 1.95. The highest BCUT2D eigenvalue weighted by atomic mass is 32.1. The Kier molecular flexibility index (Phi) is 4.32. The number of rotatable bonds is 3. The molecule has 0 saturated heterocycles. The van der Waals surface area contributed by atoms with E-state index in [1.807, 2.05) is 20.8 Å². The van der Waals surface area contributed by atoms with E-state index in [-0.39, 0.29) is 10.7 Å². The summed E-state index contributed by atoms with van der Waals surface area (Å²) in [5, 5.41) is 3.43. The summed E-state index contributed by atoms with van der Waals surface area (Å²) in [6, 6.07) is 6.99. The third-order valence-corrected chi connectivity index (χ3v) is 2.97. The molecule has 0 bridgehead atoms. The Bertz CT molecular complexity index is 617. The van der Waals surface area contributed by atoms with Crippen LogP contribution in [0.15, 0.2) is 30.5 Å². The lowest BCUT2D eigenvalue weighted by atomic mass is 10.1. The van der Waals surface area contributed by atoms with Crippen LogP contribution in [-0.2, 0) is 0 Å². The smallest absolute Gasteiger partial charge is 0.414 e. The van der Waals surface area contributed by atoms with Gasteiger partial charge in [0.15, 0.2) is 0 Å². The van der Waals surface area contributed by atoms with Gasteiger partial charge in [-0.1, -0.05) is 0 Å². The number of thiazole rings is 1. The first-order chi connectivity index (χ1) is 9.82. The van der Waals surface area contributed by atoms with Gasteiger partial charge in [-0.25, -0.2) is 9.78 Å². The minimum atomic E-state index is -0.545. The van der Waals surface area contributed by atoms with Gasteiger partial charge in [-0.2, -0.15) is 0 Å². The Labute approximate surface area is 126 Å². The fraction of sp³-hybridized carbons (Fsp3) is 0.286. The molecular weight excluding hydrogens is 290 g/mol. The van der Waals surface area contributed by atoms with Crippen molar-refractivity contribution >= 4 is 23.1 Å². The molecule has 6 nitrogen and oxygen atoms in total. The number of benzene rings is 1. The number of hydrogen-bond acceptors (Lipinski definition) is 6. The van der Waals surface area contributed by atoms with Crippen LogP contribution in [0.5, 0.6) is 16.0 Å². The van der Waals surface area contributed by atoms with Gasteiger partial charge in [0.1, 0.15) is 5.75 Å². The van der Waals surface area contributed by atoms with Crippen LogP contribution < -0.4 is 20.5 Å². The maximum absolute atomic E-state index is 11.6. The van der Waals surface area contributed by atoms with Crippen molar-refractivity contribution in [2.75, 3.05) is 5.73 Å². The van der Waals surface area contributed by atoms with Gasteiger partial charge >= 0.3 is 6.09 Å². The molecule has 1 aromatic heterocycles. The first-order valence-corrected chi connectivity index (χ1v) is 7.13. The summed E-state index contributed by atoms with van der Waals surface area (Å²) < 4.78 is 10.7. The summed E-state index contributed by atoms with van der Waals surface area (Å²) in [7, 11) is 0. The lowest BCUT2D eigenvalue weighted by Gasteiger charge is -2.18. The molecule has 7 heteroatoms. The predicted molar refractivity (Wildman–Crippen MR) is 82.0 cm³/mol. The molecule has 2 aromatic rings. The Morgan fingerprint density at radius 3 is 2.57 bits per heavy atom. The number of carbonyl (C=O) groups excluding carboxylic acids is 1. The zero-order chi connectivity index (χ0) is 15.5. The van der Waals surface area contributed by atoms with Crippen LogP contribution in [0, 0.1) is 0 Å². The highest BCUT2D eigenvalue weighted by molar-refractivity contribution is 7.15. The normalized spacial score (nSPS) is 11.0. The molecular formula is C14H17N3O3S. The molecule has 0 aliphatic carbocycles. The van der Waals surface area contributed by atoms with E-state index in [0.29, 0.717) is 16.5 Å². The molecule has 0 aliphatic rings. The van der Waals surface area contributed by atoms with Crippen molar-refractivity contribution in [1.29, 1.82) is 0 Å². The van der Waals surface area contributed by atoms with E-state index in [1.54, 1.807) is 24.3 Å². The van der Waals surface area contributed by atoms with Gasteiger partial charge in [0.2, 0.25) is 5.06 Å².